The number of piperazine rings is 1. The number of carbonyl (C=O) groups is 1. The zero-order valence-electron chi connectivity index (χ0n) is 10.1. The highest BCUT2D eigenvalue weighted by Crippen LogP contribution is 2.08. The van der Waals surface area contributed by atoms with Gasteiger partial charge in [-0.05, 0) is 18.5 Å². The molecular weight excluding hydrogens is 234 g/mol. The second kappa shape index (κ2) is 6.14. The Hall–Kier alpha value is -0.910. The molecule has 1 atom stereocenters. The van der Waals surface area contributed by atoms with E-state index in [9.17, 15) is 4.79 Å². The van der Waals surface area contributed by atoms with E-state index in [0.29, 0.717) is 19.0 Å². The molecule has 1 unspecified atom stereocenters. The summed E-state index contributed by atoms with van der Waals surface area (Å²) in [5, 5.41) is 8.40. The van der Waals surface area contributed by atoms with Crippen LogP contribution in [-0.2, 0) is 11.2 Å². The Morgan fingerprint density at radius 3 is 3.29 bits per heavy atom. The lowest BCUT2D eigenvalue weighted by Gasteiger charge is -2.30. The average molecular weight is 253 g/mol. The normalized spacial score (nSPS) is 21.4. The predicted molar refractivity (Wildman–Crippen MR) is 70.3 cm³/mol. The Morgan fingerprint density at radius 2 is 2.59 bits per heavy atom. The van der Waals surface area contributed by atoms with Gasteiger partial charge in [0.25, 0.3) is 0 Å². The topological polar surface area (TPSA) is 44.4 Å². The van der Waals surface area contributed by atoms with Crippen molar-refractivity contribution in [2.24, 2.45) is 0 Å². The van der Waals surface area contributed by atoms with E-state index in [0.717, 1.165) is 24.5 Å². The molecular formula is C12H19N3OS. The molecule has 2 N–H and O–H groups in total. The van der Waals surface area contributed by atoms with Crippen LogP contribution in [0.5, 0.6) is 0 Å². The minimum Gasteiger partial charge on any atom is -0.354 e. The molecule has 2 heterocycles. The molecule has 2 rings (SSSR count). The van der Waals surface area contributed by atoms with E-state index in [1.807, 2.05) is 17.5 Å². The Bertz CT molecular complexity index is 353. The summed E-state index contributed by atoms with van der Waals surface area (Å²) in [6.07, 6.45) is 0.500. The molecule has 1 saturated heterocycles. The van der Waals surface area contributed by atoms with Gasteiger partial charge >= 0.3 is 0 Å². The van der Waals surface area contributed by atoms with Crippen LogP contribution in [0.25, 0.3) is 0 Å². The summed E-state index contributed by atoms with van der Waals surface area (Å²) < 4.78 is 0. The number of nitrogens with zero attached hydrogens (tertiary/aromatic N) is 1. The maximum absolute atomic E-state index is 11.7. The number of hydrogen-bond acceptors (Lipinski definition) is 4. The minimum absolute atomic E-state index is 0.113. The number of likely N-dealkylation sites (N-methyl/N-ethyl adjacent to an activating group) is 1. The van der Waals surface area contributed by atoms with E-state index in [1.165, 1.54) is 0 Å². The number of thiophene rings is 1. The lowest BCUT2D eigenvalue weighted by atomic mass is 10.2. The first-order valence-electron chi connectivity index (χ1n) is 5.95. The summed E-state index contributed by atoms with van der Waals surface area (Å²) in [5.41, 5.74) is 0. The summed E-state index contributed by atoms with van der Waals surface area (Å²) in [6, 6.07) is 4.35. The van der Waals surface area contributed by atoms with Crippen molar-refractivity contribution in [3.8, 4) is 0 Å². The van der Waals surface area contributed by atoms with E-state index >= 15 is 0 Å². The van der Waals surface area contributed by atoms with Crippen molar-refractivity contribution >= 4 is 17.2 Å². The third-order valence-electron chi connectivity index (χ3n) is 2.92. The summed E-state index contributed by atoms with van der Waals surface area (Å²) >= 11 is 1.63. The minimum atomic E-state index is 0.113. The third-order valence-corrected chi connectivity index (χ3v) is 3.80. The molecule has 17 heavy (non-hydrogen) atoms. The summed E-state index contributed by atoms with van der Waals surface area (Å²) in [6.45, 7) is 3.80. The Kier molecular flexibility index (Phi) is 4.53. The van der Waals surface area contributed by atoms with Crippen LogP contribution < -0.4 is 10.6 Å². The Balaban J connectivity index is 1.69. The molecule has 94 valence electrons. The first-order valence-corrected chi connectivity index (χ1v) is 6.83. The van der Waals surface area contributed by atoms with Crippen molar-refractivity contribution in [2.75, 3.05) is 33.2 Å². The van der Waals surface area contributed by atoms with Gasteiger partial charge in [0.1, 0.15) is 0 Å². The van der Waals surface area contributed by atoms with Crippen molar-refractivity contribution in [3.05, 3.63) is 22.4 Å². The number of rotatable bonds is 4. The molecule has 0 saturated carbocycles. The third kappa shape index (κ3) is 4.11. The largest absolute Gasteiger partial charge is 0.354 e. The zero-order valence-corrected chi connectivity index (χ0v) is 10.9. The smallest absolute Gasteiger partial charge is 0.225 e. The maximum Gasteiger partial charge on any atom is 0.225 e. The standard InChI is InChI=1S/C12H19N3OS/c1-15-5-4-13-10(9-15)8-14-12(16)7-11-3-2-6-17-11/h2-3,6,10,13H,4-5,7-9H2,1H3,(H,14,16). The van der Waals surface area contributed by atoms with Crippen LogP contribution in [0.4, 0.5) is 0 Å². The molecule has 1 amide bonds. The van der Waals surface area contributed by atoms with Crippen LogP contribution in [-0.4, -0.2) is 50.1 Å². The fourth-order valence-corrected chi connectivity index (χ4v) is 2.70. The zero-order chi connectivity index (χ0) is 12.1. The fraction of sp³-hybridized carbons (Fsp3) is 0.583. The van der Waals surface area contributed by atoms with Gasteiger partial charge in [-0.15, -0.1) is 11.3 Å². The maximum atomic E-state index is 11.7. The van der Waals surface area contributed by atoms with E-state index < -0.39 is 0 Å². The van der Waals surface area contributed by atoms with Gasteiger partial charge in [-0.2, -0.15) is 0 Å². The van der Waals surface area contributed by atoms with Gasteiger partial charge in [0.15, 0.2) is 0 Å². The molecule has 0 bridgehead atoms. The van der Waals surface area contributed by atoms with Crippen molar-refractivity contribution in [1.29, 1.82) is 0 Å². The highest BCUT2D eigenvalue weighted by molar-refractivity contribution is 7.10. The van der Waals surface area contributed by atoms with Crippen LogP contribution in [0, 0.1) is 0 Å². The van der Waals surface area contributed by atoms with Gasteiger partial charge in [0.2, 0.25) is 5.91 Å². The average Bonchev–Trinajstić information content (AvgIpc) is 2.79. The van der Waals surface area contributed by atoms with E-state index in [2.05, 4.69) is 22.6 Å². The Morgan fingerprint density at radius 1 is 1.71 bits per heavy atom. The fourth-order valence-electron chi connectivity index (χ4n) is 2.00. The first-order chi connectivity index (χ1) is 8.24. The van der Waals surface area contributed by atoms with E-state index in [4.69, 9.17) is 0 Å². The lowest BCUT2D eigenvalue weighted by molar-refractivity contribution is -0.120. The molecule has 1 aliphatic rings. The van der Waals surface area contributed by atoms with Gasteiger partial charge < -0.3 is 15.5 Å². The van der Waals surface area contributed by atoms with Crippen LogP contribution in [0.3, 0.4) is 0 Å². The molecule has 0 aromatic carbocycles. The number of carbonyl (C=O) groups excluding carboxylic acids is 1. The van der Waals surface area contributed by atoms with Crippen LogP contribution in [0.2, 0.25) is 0 Å². The van der Waals surface area contributed by atoms with Gasteiger partial charge in [0, 0.05) is 37.1 Å². The van der Waals surface area contributed by atoms with Gasteiger partial charge in [-0.25, -0.2) is 0 Å². The first kappa shape index (κ1) is 12.5. The molecule has 4 nitrogen and oxygen atoms in total. The summed E-state index contributed by atoms with van der Waals surface area (Å²) in [5.74, 6) is 0.113. The molecule has 1 fully saturated rings. The van der Waals surface area contributed by atoms with Crippen LogP contribution in [0.1, 0.15) is 4.88 Å². The van der Waals surface area contributed by atoms with Crippen LogP contribution >= 0.6 is 11.3 Å². The van der Waals surface area contributed by atoms with E-state index in [-0.39, 0.29) is 5.91 Å². The number of amides is 1. The summed E-state index contributed by atoms with van der Waals surface area (Å²) in [7, 11) is 2.11. The van der Waals surface area contributed by atoms with Crippen molar-refractivity contribution in [1.82, 2.24) is 15.5 Å². The second-order valence-corrected chi connectivity index (χ2v) is 5.51. The van der Waals surface area contributed by atoms with Crippen molar-refractivity contribution < 1.29 is 4.79 Å². The molecule has 0 aliphatic carbocycles. The van der Waals surface area contributed by atoms with E-state index in [1.54, 1.807) is 11.3 Å². The number of nitrogens with one attached hydrogen (secondary N) is 2. The van der Waals surface area contributed by atoms with Crippen molar-refractivity contribution in [2.45, 2.75) is 12.5 Å². The molecule has 0 radical (unpaired) electrons. The predicted octanol–water partition coefficient (Wildman–Crippen LogP) is 0.310. The number of hydrogen-bond donors (Lipinski definition) is 2. The Labute approximate surface area is 106 Å². The second-order valence-electron chi connectivity index (χ2n) is 4.47. The van der Waals surface area contributed by atoms with Gasteiger partial charge in [0.05, 0.1) is 6.42 Å². The lowest BCUT2D eigenvalue weighted by Crippen LogP contribution is -2.53. The van der Waals surface area contributed by atoms with Crippen LogP contribution in [0.15, 0.2) is 17.5 Å². The molecule has 1 aromatic rings. The highest BCUT2D eigenvalue weighted by atomic mass is 32.1. The monoisotopic (exact) mass is 253 g/mol. The van der Waals surface area contributed by atoms with Gasteiger partial charge in [-0.3, -0.25) is 4.79 Å². The quantitative estimate of drug-likeness (QED) is 0.812. The molecule has 0 spiro atoms. The SMILES string of the molecule is CN1CCNC(CNC(=O)Cc2cccs2)C1. The highest BCUT2D eigenvalue weighted by Gasteiger charge is 2.16. The molecule has 1 aliphatic heterocycles. The summed E-state index contributed by atoms with van der Waals surface area (Å²) in [4.78, 5) is 15.1. The van der Waals surface area contributed by atoms with Crippen molar-refractivity contribution in [3.63, 3.8) is 0 Å². The molecule has 5 heteroatoms. The van der Waals surface area contributed by atoms with Gasteiger partial charge in [-0.1, -0.05) is 6.07 Å². The molecule has 1 aromatic heterocycles.